The van der Waals surface area contributed by atoms with Gasteiger partial charge in [-0.3, -0.25) is 4.79 Å². The van der Waals surface area contributed by atoms with Crippen molar-refractivity contribution in [2.75, 3.05) is 19.8 Å². The van der Waals surface area contributed by atoms with Gasteiger partial charge < -0.3 is 19.2 Å². The van der Waals surface area contributed by atoms with E-state index in [1.54, 1.807) is 13.8 Å². The molecule has 1 unspecified atom stereocenters. The van der Waals surface area contributed by atoms with Crippen LogP contribution in [0.15, 0.2) is 5.16 Å². The minimum Gasteiger partial charge on any atom is -0.466 e. The van der Waals surface area contributed by atoms with Gasteiger partial charge in [0.1, 0.15) is 6.42 Å². The van der Waals surface area contributed by atoms with Crippen LogP contribution in [0.5, 0.6) is 0 Å². The monoisotopic (exact) mass is 310 g/mol. The number of amidine groups is 1. The quantitative estimate of drug-likeness (QED) is 0.715. The summed E-state index contributed by atoms with van der Waals surface area (Å²) >= 11 is 0. The zero-order chi connectivity index (χ0) is 15.8. The second-order valence-corrected chi connectivity index (χ2v) is 6.03. The van der Waals surface area contributed by atoms with Gasteiger partial charge in [-0.15, -0.1) is 0 Å². The van der Waals surface area contributed by atoms with Gasteiger partial charge in [-0.25, -0.2) is 4.79 Å². The highest BCUT2D eigenvalue weighted by molar-refractivity contribution is 5.98. The van der Waals surface area contributed by atoms with Gasteiger partial charge in [-0.2, -0.15) is 0 Å². The molecule has 0 amide bonds. The molecule has 1 aliphatic carbocycles. The molecule has 3 aliphatic rings. The predicted octanol–water partition coefficient (Wildman–Crippen LogP) is 1.42. The molecule has 1 atom stereocenters. The molecule has 3 rings (SSSR count). The first-order chi connectivity index (χ1) is 10.6. The molecule has 0 aromatic rings. The maximum Gasteiger partial charge on any atom is 0.375 e. The van der Waals surface area contributed by atoms with Gasteiger partial charge in [0.05, 0.1) is 13.2 Å². The van der Waals surface area contributed by atoms with Crippen LogP contribution in [0.1, 0.15) is 46.0 Å². The lowest BCUT2D eigenvalue weighted by molar-refractivity contribution is -0.193. The lowest BCUT2D eigenvalue weighted by Crippen LogP contribution is -2.59. The lowest BCUT2D eigenvalue weighted by Gasteiger charge is -2.39. The van der Waals surface area contributed by atoms with Crippen LogP contribution in [-0.4, -0.2) is 48.2 Å². The summed E-state index contributed by atoms with van der Waals surface area (Å²) in [5.74, 6) is -0.252. The van der Waals surface area contributed by atoms with Gasteiger partial charge in [-0.05, 0) is 39.5 Å². The average molecular weight is 310 g/mol. The first-order valence-electron chi connectivity index (χ1n) is 7.95. The molecule has 0 aromatic heterocycles. The van der Waals surface area contributed by atoms with E-state index in [9.17, 15) is 9.59 Å². The first-order valence-corrected chi connectivity index (χ1v) is 7.95. The highest BCUT2D eigenvalue weighted by Gasteiger charge is 2.63. The van der Waals surface area contributed by atoms with Crippen molar-refractivity contribution in [2.45, 2.75) is 51.7 Å². The van der Waals surface area contributed by atoms with E-state index in [1.807, 2.05) is 4.90 Å². The minimum absolute atomic E-state index is 0.0428. The topological polar surface area (TPSA) is 77.4 Å². The van der Waals surface area contributed by atoms with Crippen LogP contribution in [0.2, 0.25) is 0 Å². The Morgan fingerprint density at radius 1 is 1.23 bits per heavy atom. The summed E-state index contributed by atoms with van der Waals surface area (Å²) in [6.45, 7) is 4.58. The number of carbonyl (C=O) groups is 2. The number of oxime groups is 1. The second kappa shape index (κ2) is 5.44. The van der Waals surface area contributed by atoms with Crippen molar-refractivity contribution in [3.63, 3.8) is 0 Å². The number of ether oxygens (including phenoxy) is 2. The van der Waals surface area contributed by atoms with E-state index in [4.69, 9.17) is 14.3 Å². The average Bonchev–Trinajstić information content (AvgIpc) is 3.14. The van der Waals surface area contributed by atoms with Crippen molar-refractivity contribution in [2.24, 2.45) is 10.6 Å². The third kappa shape index (κ3) is 2.23. The van der Waals surface area contributed by atoms with E-state index in [0.29, 0.717) is 6.54 Å². The smallest absolute Gasteiger partial charge is 0.375 e. The Labute approximate surface area is 129 Å². The summed E-state index contributed by atoms with van der Waals surface area (Å²) in [6, 6.07) is 0. The van der Waals surface area contributed by atoms with Crippen LogP contribution in [-0.2, 0) is 23.9 Å². The summed E-state index contributed by atoms with van der Waals surface area (Å²) in [6.07, 6.45) is 3.92. The van der Waals surface area contributed by atoms with Crippen molar-refractivity contribution in [3.8, 4) is 0 Å². The Morgan fingerprint density at radius 3 is 2.59 bits per heavy atom. The number of hydrogen-bond donors (Lipinski definition) is 0. The number of carbonyl (C=O) groups excluding carboxylic acids is 2. The fraction of sp³-hybridized carbons (Fsp3) is 0.800. The summed E-state index contributed by atoms with van der Waals surface area (Å²) < 4.78 is 10.2. The zero-order valence-corrected chi connectivity index (χ0v) is 13.1. The molecule has 1 saturated carbocycles. The van der Waals surface area contributed by atoms with Gasteiger partial charge in [0.2, 0.25) is 0 Å². The summed E-state index contributed by atoms with van der Waals surface area (Å²) in [7, 11) is 0. The molecule has 122 valence electrons. The van der Waals surface area contributed by atoms with E-state index >= 15 is 0 Å². The number of fused-ring (bicyclic) bond motifs is 2. The van der Waals surface area contributed by atoms with Gasteiger partial charge in [0.25, 0.3) is 0 Å². The molecule has 0 radical (unpaired) electrons. The highest BCUT2D eigenvalue weighted by Crippen LogP contribution is 2.56. The van der Waals surface area contributed by atoms with Gasteiger partial charge in [0.15, 0.2) is 5.84 Å². The fourth-order valence-electron chi connectivity index (χ4n) is 3.37. The normalized spacial score (nSPS) is 27.7. The van der Waals surface area contributed by atoms with Gasteiger partial charge in [0, 0.05) is 12.0 Å². The standard InChI is InChI=1S/C15H22N2O5/c1-3-20-11(18)10-15(13(19)21-4-2)17-9-5-6-14(7-8-14)12(17)16-22-15/h3-10H2,1-2H3. The maximum atomic E-state index is 12.5. The molecule has 7 heteroatoms. The predicted molar refractivity (Wildman–Crippen MR) is 76.7 cm³/mol. The summed E-state index contributed by atoms with van der Waals surface area (Å²) in [5, 5.41) is 4.18. The number of rotatable bonds is 5. The van der Waals surface area contributed by atoms with Crippen LogP contribution >= 0.6 is 0 Å². The Balaban J connectivity index is 1.87. The Kier molecular flexibility index (Phi) is 3.74. The van der Waals surface area contributed by atoms with Crippen molar-refractivity contribution in [1.29, 1.82) is 0 Å². The number of nitrogens with zero attached hydrogens (tertiary/aromatic N) is 2. The minimum atomic E-state index is -1.49. The zero-order valence-electron chi connectivity index (χ0n) is 13.1. The first kappa shape index (κ1) is 15.1. The Morgan fingerprint density at radius 2 is 1.95 bits per heavy atom. The third-order valence-electron chi connectivity index (χ3n) is 4.62. The van der Waals surface area contributed by atoms with Crippen molar-refractivity contribution < 1.29 is 23.9 Å². The molecule has 7 nitrogen and oxygen atoms in total. The van der Waals surface area contributed by atoms with Crippen LogP contribution in [0.4, 0.5) is 0 Å². The Bertz CT molecular complexity index is 514. The van der Waals surface area contributed by atoms with E-state index in [-0.39, 0.29) is 25.0 Å². The molecule has 2 fully saturated rings. The SMILES string of the molecule is CCOC(=O)CC1(C(=O)OCC)ON=C2N1CCCC21CC1. The van der Waals surface area contributed by atoms with Gasteiger partial charge in [-0.1, -0.05) is 5.16 Å². The molecule has 2 heterocycles. The molecule has 2 aliphatic heterocycles. The van der Waals surface area contributed by atoms with Crippen molar-refractivity contribution in [3.05, 3.63) is 0 Å². The van der Waals surface area contributed by atoms with Crippen molar-refractivity contribution in [1.82, 2.24) is 4.90 Å². The Hall–Kier alpha value is -1.79. The molecular weight excluding hydrogens is 288 g/mol. The number of esters is 2. The van der Waals surface area contributed by atoms with E-state index in [0.717, 1.165) is 31.5 Å². The number of piperidine rings is 1. The van der Waals surface area contributed by atoms with Crippen LogP contribution in [0.25, 0.3) is 0 Å². The highest BCUT2D eigenvalue weighted by atomic mass is 16.7. The van der Waals surface area contributed by atoms with E-state index in [2.05, 4.69) is 5.16 Å². The largest absolute Gasteiger partial charge is 0.466 e. The van der Waals surface area contributed by atoms with Gasteiger partial charge >= 0.3 is 17.7 Å². The molecule has 22 heavy (non-hydrogen) atoms. The molecule has 0 bridgehead atoms. The van der Waals surface area contributed by atoms with Crippen LogP contribution < -0.4 is 0 Å². The lowest BCUT2D eigenvalue weighted by atomic mass is 9.91. The van der Waals surface area contributed by atoms with E-state index < -0.39 is 17.7 Å². The molecule has 1 saturated heterocycles. The van der Waals surface area contributed by atoms with Crippen molar-refractivity contribution >= 4 is 17.8 Å². The number of hydrogen-bond acceptors (Lipinski definition) is 7. The maximum absolute atomic E-state index is 12.5. The molecule has 0 aromatic carbocycles. The van der Waals surface area contributed by atoms with Crippen LogP contribution in [0.3, 0.4) is 0 Å². The molecular formula is C15H22N2O5. The summed E-state index contributed by atoms with van der Waals surface area (Å²) in [5.41, 5.74) is -1.45. The third-order valence-corrected chi connectivity index (χ3v) is 4.62. The summed E-state index contributed by atoms with van der Waals surface area (Å²) in [4.78, 5) is 31.9. The molecule has 0 N–H and O–H groups in total. The second-order valence-electron chi connectivity index (χ2n) is 6.03. The molecule has 1 spiro atoms. The van der Waals surface area contributed by atoms with Crippen LogP contribution in [0, 0.1) is 5.41 Å². The van der Waals surface area contributed by atoms with E-state index in [1.165, 1.54) is 0 Å². The fourth-order valence-corrected chi connectivity index (χ4v) is 3.37.